The number of rotatable bonds is 7. The number of fused-ring (bicyclic) bond motifs is 1. The van der Waals surface area contributed by atoms with Crippen LogP contribution >= 0.6 is 45.2 Å². The summed E-state index contributed by atoms with van der Waals surface area (Å²) >= 11 is 4.43. The summed E-state index contributed by atoms with van der Waals surface area (Å²) in [6.45, 7) is 0.238. The van der Waals surface area contributed by atoms with E-state index in [1.807, 2.05) is 60.7 Å². The summed E-state index contributed by atoms with van der Waals surface area (Å²) in [4.78, 5) is 12.9. The summed E-state index contributed by atoms with van der Waals surface area (Å²) in [5, 5.41) is 15.4. The molecule has 1 amide bonds. The van der Waals surface area contributed by atoms with Crippen molar-refractivity contribution in [2.24, 2.45) is 5.10 Å². The molecule has 4 rings (SSSR count). The molecular formula is C27H19I2N3O3. The predicted octanol–water partition coefficient (Wildman–Crippen LogP) is 6.27. The lowest BCUT2D eigenvalue weighted by atomic mass is 10.1. The van der Waals surface area contributed by atoms with Gasteiger partial charge >= 0.3 is 0 Å². The number of benzene rings is 4. The third-order valence-electron chi connectivity index (χ3n) is 5.23. The van der Waals surface area contributed by atoms with Crippen molar-refractivity contribution in [3.63, 3.8) is 0 Å². The summed E-state index contributed by atoms with van der Waals surface area (Å²) in [7, 11) is 1.53. The van der Waals surface area contributed by atoms with Crippen molar-refractivity contribution in [2.45, 2.75) is 6.61 Å². The number of hydrogen-bond acceptors (Lipinski definition) is 5. The first kappa shape index (κ1) is 24.9. The van der Waals surface area contributed by atoms with Crippen LogP contribution in [0.4, 0.5) is 0 Å². The molecule has 0 saturated heterocycles. The fourth-order valence-electron chi connectivity index (χ4n) is 3.52. The molecular weight excluding hydrogens is 668 g/mol. The van der Waals surface area contributed by atoms with Crippen LogP contribution in [-0.4, -0.2) is 19.2 Å². The van der Waals surface area contributed by atoms with E-state index in [1.165, 1.54) is 7.11 Å². The fourth-order valence-corrected chi connectivity index (χ4v) is 5.57. The van der Waals surface area contributed by atoms with Gasteiger partial charge in [0, 0.05) is 14.7 Å². The zero-order valence-corrected chi connectivity index (χ0v) is 22.9. The first-order valence-corrected chi connectivity index (χ1v) is 12.7. The Morgan fingerprint density at radius 1 is 1.06 bits per heavy atom. The maximum atomic E-state index is 12.9. The first-order valence-electron chi connectivity index (χ1n) is 10.5. The maximum Gasteiger partial charge on any atom is 0.275 e. The molecule has 4 aromatic carbocycles. The molecule has 6 nitrogen and oxygen atoms in total. The number of carbonyl (C=O) groups excluding carboxylic acids is 1. The van der Waals surface area contributed by atoms with E-state index in [0.29, 0.717) is 28.2 Å². The molecule has 35 heavy (non-hydrogen) atoms. The van der Waals surface area contributed by atoms with Gasteiger partial charge in [0.2, 0.25) is 0 Å². The minimum absolute atomic E-state index is 0.238. The molecule has 0 heterocycles. The van der Waals surface area contributed by atoms with Crippen LogP contribution in [0.25, 0.3) is 10.8 Å². The van der Waals surface area contributed by atoms with E-state index in [0.717, 1.165) is 23.5 Å². The molecule has 0 fully saturated rings. The molecule has 0 atom stereocenters. The van der Waals surface area contributed by atoms with Gasteiger partial charge in [-0.1, -0.05) is 42.5 Å². The highest BCUT2D eigenvalue weighted by Crippen LogP contribution is 2.29. The average molecular weight is 687 g/mol. The van der Waals surface area contributed by atoms with Gasteiger partial charge in [0.1, 0.15) is 18.1 Å². The predicted molar refractivity (Wildman–Crippen MR) is 153 cm³/mol. The Morgan fingerprint density at radius 2 is 1.77 bits per heavy atom. The number of halogens is 2. The fraction of sp³-hybridized carbons (Fsp3) is 0.0741. The lowest BCUT2D eigenvalue weighted by molar-refractivity contribution is 0.0952. The topological polar surface area (TPSA) is 83.7 Å². The molecule has 4 aromatic rings. The minimum Gasteiger partial charge on any atom is -0.496 e. The number of carbonyl (C=O) groups is 1. The number of amides is 1. The maximum absolute atomic E-state index is 12.9. The molecule has 0 spiro atoms. The molecule has 1 N–H and O–H groups in total. The van der Waals surface area contributed by atoms with Gasteiger partial charge in [0.05, 0.1) is 34.1 Å². The van der Waals surface area contributed by atoms with Crippen molar-refractivity contribution >= 4 is 68.1 Å². The van der Waals surface area contributed by atoms with Crippen molar-refractivity contribution in [1.29, 1.82) is 5.26 Å². The second-order valence-electron chi connectivity index (χ2n) is 7.46. The SMILES string of the molecule is COc1cc2ccccc2cc1C(=O)N/N=C\c1cc(I)cc(I)c1OCc1ccccc1C#N. The van der Waals surface area contributed by atoms with Gasteiger partial charge in [-0.2, -0.15) is 10.4 Å². The monoisotopic (exact) mass is 687 g/mol. The van der Waals surface area contributed by atoms with E-state index in [1.54, 1.807) is 18.3 Å². The van der Waals surface area contributed by atoms with Crippen LogP contribution in [0.15, 0.2) is 77.9 Å². The Morgan fingerprint density at radius 3 is 2.51 bits per heavy atom. The highest BCUT2D eigenvalue weighted by molar-refractivity contribution is 14.1. The van der Waals surface area contributed by atoms with Gasteiger partial charge in [-0.15, -0.1) is 0 Å². The Labute approximate surface area is 230 Å². The van der Waals surface area contributed by atoms with E-state index in [2.05, 4.69) is 61.8 Å². The summed E-state index contributed by atoms with van der Waals surface area (Å²) < 4.78 is 13.4. The summed E-state index contributed by atoms with van der Waals surface area (Å²) in [6.07, 6.45) is 1.56. The van der Waals surface area contributed by atoms with Gasteiger partial charge in [-0.25, -0.2) is 5.43 Å². The Bertz CT molecular complexity index is 1480. The zero-order valence-electron chi connectivity index (χ0n) is 18.6. The van der Waals surface area contributed by atoms with Crippen molar-refractivity contribution in [3.05, 3.63) is 102 Å². The Kier molecular flexibility index (Phi) is 8.20. The number of ether oxygens (including phenoxy) is 2. The van der Waals surface area contributed by atoms with Crippen LogP contribution < -0.4 is 14.9 Å². The highest BCUT2D eigenvalue weighted by Gasteiger charge is 2.14. The number of nitrogens with zero attached hydrogens (tertiary/aromatic N) is 2. The number of nitrogens with one attached hydrogen (secondary N) is 1. The van der Waals surface area contributed by atoms with Crippen LogP contribution in [0.1, 0.15) is 27.0 Å². The van der Waals surface area contributed by atoms with Gasteiger partial charge in [0.25, 0.3) is 5.91 Å². The highest BCUT2D eigenvalue weighted by atomic mass is 127. The summed E-state index contributed by atoms with van der Waals surface area (Å²) in [6, 6.07) is 24.8. The molecule has 0 unspecified atom stereocenters. The molecule has 0 aliphatic rings. The molecule has 0 aliphatic carbocycles. The molecule has 0 radical (unpaired) electrons. The standard InChI is InChI=1S/C27H19I2N3O3/c1-34-25-12-18-7-3-2-6-17(18)11-23(25)27(33)32-31-15-21-10-22(28)13-24(29)26(21)35-16-20-9-5-4-8-19(20)14-30/h2-13,15H,16H2,1H3,(H,32,33)/b31-15-. The number of hydrazone groups is 1. The van der Waals surface area contributed by atoms with Crippen molar-refractivity contribution < 1.29 is 14.3 Å². The molecule has 174 valence electrons. The third kappa shape index (κ3) is 5.91. The second kappa shape index (κ2) is 11.5. The number of methoxy groups -OCH3 is 1. The minimum atomic E-state index is -0.380. The largest absolute Gasteiger partial charge is 0.496 e. The lowest BCUT2D eigenvalue weighted by Crippen LogP contribution is -2.18. The van der Waals surface area contributed by atoms with E-state index in [4.69, 9.17) is 9.47 Å². The molecule has 8 heteroatoms. The van der Waals surface area contributed by atoms with Crippen LogP contribution in [0.5, 0.6) is 11.5 Å². The molecule has 0 aliphatic heterocycles. The van der Waals surface area contributed by atoms with Gasteiger partial charge in [-0.3, -0.25) is 4.79 Å². The Balaban J connectivity index is 1.56. The number of nitriles is 1. The lowest BCUT2D eigenvalue weighted by Gasteiger charge is -2.13. The smallest absolute Gasteiger partial charge is 0.275 e. The quantitative estimate of drug-likeness (QED) is 0.141. The first-order chi connectivity index (χ1) is 17.0. The third-order valence-corrected chi connectivity index (χ3v) is 6.65. The molecule has 0 bridgehead atoms. The van der Waals surface area contributed by atoms with E-state index in [9.17, 15) is 10.1 Å². The van der Waals surface area contributed by atoms with E-state index in [-0.39, 0.29) is 12.5 Å². The van der Waals surface area contributed by atoms with Crippen LogP contribution in [-0.2, 0) is 6.61 Å². The number of hydrogen-bond donors (Lipinski definition) is 1. The second-order valence-corrected chi connectivity index (χ2v) is 9.87. The van der Waals surface area contributed by atoms with Gasteiger partial charge in [-0.05, 0) is 86.3 Å². The van der Waals surface area contributed by atoms with Crippen LogP contribution in [0, 0.1) is 18.5 Å². The van der Waals surface area contributed by atoms with Crippen molar-refractivity contribution in [3.8, 4) is 17.6 Å². The van der Waals surface area contributed by atoms with Gasteiger partial charge < -0.3 is 9.47 Å². The zero-order chi connectivity index (χ0) is 24.8. The van der Waals surface area contributed by atoms with Crippen molar-refractivity contribution in [2.75, 3.05) is 7.11 Å². The van der Waals surface area contributed by atoms with Crippen molar-refractivity contribution in [1.82, 2.24) is 5.43 Å². The van der Waals surface area contributed by atoms with E-state index >= 15 is 0 Å². The molecule has 0 saturated carbocycles. The van der Waals surface area contributed by atoms with E-state index < -0.39 is 0 Å². The normalized spacial score (nSPS) is 10.8. The van der Waals surface area contributed by atoms with Crippen LogP contribution in [0.3, 0.4) is 0 Å². The summed E-state index contributed by atoms with van der Waals surface area (Å²) in [5.41, 5.74) is 5.06. The van der Waals surface area contributed by atoms with Crippen LogP contribution in [0.2, 0.25) is 0 Å². The summed E-state index contributed by atoms with van der Waals surface area (Å²) in [5.74, 6) is 0.718. The Hall–Kier alpha value is -3.17. The molecule has 0 aromatic heterocycles. The van der Waals surface area contributed by atoms with Gasteiger partial charge in [0.15, 0.2) is 0 Å². The average Bonchev–Trinajstić information content (AvgIpc) is 2.87.